The zero-order chi connectivity index (χ0) is 35.8. The van der Waals surface area contributed by atoms with Gasteiger partial charge >= 0.3 is 5.91 Å². The van der Waals surface area contributed by atoms with Crippen molar-refractivity contribution in [3.8, 4) is 0 Å². The van der Waals surface area contributed by atoms with Crippen molar-refractivity contribution in [2.45, 2.75) is 13.0 Å². The van der Waals surface area contributed by atoms with E-state index in [0.717, 1.165) is 23.0 Å². The van der Waals surface area contributed by atoms with Crippen molar-refractivity contribution < 1.29 is 14.8 Å². The van der Waals surface area contributed by atoms with Crippen LogP contribution >= 0.6 is 7.26 Å². The van der Waals surface area contributed by atoms with Gasteiger partial charge in [0, 0.05) is 23.1 Å². The molecule has 0 spiro atoms. The maximum Gasteiger partial charge on any atom is 0.349 e. The van der Waals surface area contributed by atoms with E-state index in [1.807, 2.05) is 30.4 Å². The Bertz CT molecular complexity index is 2440. The largest absolute Gasteiger partial charge is 0.830 e. The minimum atomic E-state index is -2.09. The van der Waals surface area contributed by atoms with Gasteiger partial charge in [-0.15, -0.1) is 0 Å². The summed E-state index contributed by atoms with van der Waals surface area (Å²) in [4.78, 5) is 19.8. The summed E-state index contributed by atoms with van der Waals surface area (Å²) in [5.74, 6) is -0.318. The van der Waals surface area contributed by atoms with Crippen LogP contribution in [0.4, 0.5) is 0 Å². The summed E-state index contributed by atoms with van der Waals surface area (Å²) in [5, 5.41) is 22.9. The van der Waals surface area contributed by atoms with Gasteiger partial charge in [0.05, 0.1) is 36.4 Å². The maximum absolute atomic E-state index is 14.3. The topological polar surface area (TPSA) is 56.9 Å². The number of quaternary nitrogens is 1. The van der Waals surface area contributed by atoms with Crippen LogP contribution in [0.1, 0.15) is 33.5 Å². The van der Waals surface area contributed by atoms with E-state index < -0.39 is 7.26 Å². The Morgan fingerprint density at radius 3 is 1.70 bits per heavy atom. The number of nitrogens with one attached hydrogen (secondary N) is 1. The van der Waals surface area contributed by atoms with Crippen molar-refractivity contribution >= 4 is 61.9 Å². The highest BCUT2D eigenvalue weighted by Crippen LogP contribution is 2.55. The van der Waals surface area contributed by atoms with Crippen LogP contribution in [-0.2, 0) is 6.54 Å². The third kappa shape index (κ3) is 5.72. The number of nitrogens with zero attached hydrogens (tertiary/aromatic N) is 1. The van der Waals surface area contributed by atoms with Gasteiger partial charge in [0.1, 0.15) is 23.2 Å². The lowest BCUT2D eigenvalue weighted by Crippen LogP contribution is -3.15. The number of hydrogen-bond acceptors (Lipinski definition) is 3. The van der Waals surface area contributed by atoms with E-state index in [-0.39, 0.29) is 11.8 Å². The molecule has 7 aromatic rings. The molecule has 0 saturated carbocycles. The first-order chi connectivity index (χ1) is 26.1. The fourth-order valence-corrected chi connectivity index (χ4v) is 12.7. The van der Waals surface area contributed by atoms with Crippen LogP contribution in [-0.4, -0.2) is 24.3 Å². The molecule has 0 bridgehead atoms. The van der Waals surface area contributed by atoms with E-state index in [2.05, 4.69) is 146 Å². The highest BCUT2D eigenvalue weighted by molar-refractivity contribution is 7.95. The first-order valence-electron chi connectivity index (χ1n) is 18.3. The lowest BCUT2D eigenvalue weighted by atomic mass is 9.85. The summed E-state index contributed by atoms with van der Waals surface area (Å²) in [5.41, 5.74) is 4.70. The van der Waals surface area contributed by atoms with E-state index in [4.69, 9.17) is 4.99 Å². The molecule has 7 aromatic carbocycles. The Balaban J connectivity index is 1.05. The van der Waals surface area contributed by atoms with Gasteiger partial charge < -0.3 is 5.11 Å². The Kier molecular flexibility index (Phi) is 8.64. The van der Waals surface area contributed by atoms with Gasteiger partial charge in [0.15, 0.2) is 0 Å². The number of aliphatic imine (C=N–C) groups is 1. The molecule has 1 aliphatic heterocycles. The molecule has 1 unspecified atom stereocenters. The fraction of sp³-hybridized carbons (Fsp3) is 0.0833. The van der Waals surface area contributed by atoms with Gasteiger partial charge in [-0.2, -0.15) is 0 Å². The number of carbonyl (C=O) groups is 1. The number of carbonyl (C=O) groups excluding carboxylic acids is 1. The summed E-state index contributed by atoms with van der Waals surface area (Å²) < 4.78 is 0. The predicted octanol–water partition coefficient (Wildman–Crippen LogP) is 7.00. The lowest BCUT2D eigenvalue weighted by Gasteiger charge is -2.33. The van der Waals surface area contributed by atoms with Crippen molar-refractivity contribution in [2.24, 2.45) is 4.99 Å². The van der Waals surface area contributed by atoms with E-state index >= 15 is 0 Å². The molecule has 1 aliphatic carbocycles. The standard InChI is InChI=1S/C48H37N2O2P/c51-47-42-27-14-26-41-45(49-33-44-39-24-12-10-16-34(39)32-35-17-11-13-25-40(35)44)29-28-43(46(41)42)48(52)50(47)30-15-31-53(36-18-4-1-5-19-36,37-20-6-2-7-21-37)38-22-8-3-9-23-38/h1-14,16-29,32H,15,30-31,33H2/p+1. The van der Waals surface area contributed by atoms with Crippen LogP contribution in [0.5, 0.6) is 0 Å². The SMILES string of the molecule is O=C1c2cccc3c2C(=C([O-])[NH+]1CCC[P+](c1ccccc1)(c1ccccc1)c1ccccc1)C=CC3=NCc1c2ccccc2cc2ccccc12. The molecule has 9 rings (SSSR count). The number of allylic oxidation sites excluding steroid dienone is 3. The molecule has 53 heavy (non-hydrogen) atoms. The van der Waals surface area contributed by atoms with Crippen LogP contribution in [0.2, 0.25) is 0 Å². The minimum absolute atomic E-state index is 0.159. The number of hydrogen-bond donors (Lipinski definition) is 1. The van der Waals surface area contributed by atoms with Crippen LogP contribution in [0, 0.1) is 0 Å². The maximum atomic E-state index is 14.3. The molecule has 1 heterocycles. The van der Waals surface area contributed by atoms with Crippen LogP contribution < -0.4 is 25.9 Å². The van der Waals surface area contributed by atoms with E-state index in [9.17, 15) is 9.90 Å². The smallest absolute Gasteiger partial charge is 0.349 e. The molecular formula is C48H38N2O2P+. The van der Waals surface area contributed by atoms with Crippen molar-refractivity contribution in [1.29, 1.82) is 0 Å². The Morgan fingerprint density at radius 2 is 1.11 bits per heavy atom. The zero-order valence-electron chi connectivity index (χ0n) is 29.3. The molecule has 1 amide bonds. The van der Waals surface area contributed by atoms with Crippen molar-refractivity contribution in [3.63, 3.8) is 0 Å². The third-order valence-corrected chi connectivity index (χ3v) is 15.4. The second-order valence-corrected chi connectivity index (χ2v) is 17.4. The first-order valence-corrected chi connectivity index (χ1v) is 20.2. The highest BCUT2D eigenvalue weighted by Gasteiger charge is 2.45. The van der Waals surface area contributed by atoms with Gasteiger partial charge in [-0.1, -0.05) is 115 Å². The Hall–Kier alpha value is -5.93. The van der Waals surface area contributed by atoms with Crippen molar-refractivity contribution in [3.05, 3.63) is 204 Å². The zero-order valence-corrected chi connectivity index (χ0v) is 30.2. The second kappa shape index (κ2) is 13.9. The second-order valence-electron chi connectivity index (χ2n) is 13.8. The molecule has 0 aromatic heterocycles. The molecule has 5 heteroatoms. The van der Waals surface area contributed by atoms with Crippen molar-refractivity contribution in [1.82, 2.24) is 0 Å². The molecule has 256 valence electrons. The van der Waals surface area contributed by atoms with Crippen molar-refractivity contribution in [2.75, 3.05) is 12.7 Å². The average Bonchev–Trinajstić information content (AvgIpc) is 3.22. The van der Waals surface area contributed by atoms with Crippen LogP contribution in [0.3, 0.4) is 0 Å². The minimum Gasteiger partial charge on any atom is -0.830 e. The van der Waals surface area contributed by atoms with Gasteiger partial charge in [0.2, 0.25) is 0 Å². The average molecular weight is 706 g/mol. The van der Waals surface area contributed by atoms with E-state index in [0.29, 0.717) is 35.5 Å². The molecule has 4 nitrogen and oxygen atoms in total. The molecule has 0 saturated heterocycles. The van der Waals surface area contributed by atoms with Gasteiger partial charge in [-0.3, -0.25) is 4.99 Å². The molecule has 0 radical (unpaired) electrons. The number of rotatable bonds is 9. The summed E-state index contributed by atoms with van der Waals surface area (Å²) in [6.45, 7) is 0.900. The first kappa shape index (κ1) is 32.9. The quantitative estimate of drug-likeness (QED) is 0.130. The summed E-state index contributed by atoms with van der Waals surface area (Å²) in [7, 11) is -2.09. The fourth-order valence-electron chi connectivity index (χ4n) is 8.38. The third-order valence-electron chi connectivity index (χ3n) is 10.9. The monoisotopic (exact) mass is 705 g/mol. The molecular weight excluding hydrogens is 668 g/mol. The van der Waals surface area contributed by atoms with E-state index in [1.54, 1.807) is 0 Å². The van der Waals surface area contributed by atoms with Crippen LogP contribution in [0.25, 0.3) is 27.1 Å². The van der Waals surface area contributed by atoms with Crippen LogP contribution in [0.15, 0.2) is 187 Å². The summed E-state index contributed by atoms with van der Waals surface area (Å²) in [6, 6.07) is 57.2. The van der Waals surface area contributed by atoms with Gasteiger partial charge in [-0.25, -0.2) is 9.69 Å². The molecule has 0 fully saturated rings. The summed E-state index contributed by atoms with van der Waals surface area (Å²) >= 11 is 0. The predicted molar refractivity (Wildman–Crippen MR) is 219 cm³/mol. The number of amides is 1. The highest BCUT2D eigenvalue weighted by atomic mass is 31.2. The Labute approximate surface area is 310 Å². The normalized spacial score (nSPS) is 16.0. The molecule has 1 atom stereocenters. The number of fused-ring (bicyclic) bond motifs is 2. The molecule has 1 N–H and O–H groups in total. The molecule has 2 aliphatic rings. The lowest BCUT2D eigenvalue weighted by molar-refractivity contribution is -0.832. The summed E-state index contributed by atoms with van der Waals surface area (Å²) in [6.07, 6.45) is 5.39. The van der Waals surface area contributed by atoms with Gasteiger partial charge in [-0.05, 0) is 87.8 Å². The number of benzene rings is 7. The van der Waals surface area contributed by atoms with E-state index in [1.165, 1.54) is 43.0 Å². The van der Waals surface area contributed by atoms with Gasteiger partial charge in [0.25, 0.3) is 0 Å². The Morgan fingerprint density at radius 1 is 0.585 bits per heavy atom.